The quantitative estimate of drug-likeness (QED) is 0.758. The summed E-state index contributed by atoms with van der Waals surface area (Å²) in [5, 5.41) is 4.99. The molecule has 4 heteroatoms. The Morgan fingerprint density at radius 3 is 2.44 bits per heavy atom. The van der Waals surface area contributed by atoms with E-state index in [-0.39, 0.29) is 18.4 Å². The van der Waals surface area contributed by atoms with E-state index >= 15 is 0 Å². The van der Waals surface area contributed by atoms with Gasteiger partial charge in [-0.3, -0.25) is 9.59 Å². The lowest BCUT2D eigenvalue weighted by molar-refractivity contribution is -0.125. The van der Waals surface area contributed by atoms with Gasteiger partial charge in [-0.1, -0.05) is 30.3 Å². The minimum absolute atomic E-state index is 0.0458. The highest BCUT2D eigenvalue weighted by atomic mass is 16.2. The average Bonchev–Trinajstić information content (AvgIpc) is 2.34. The predicted molar refractivity (Wildman–Crippen MR) is 61.8 cm³/mol. The topological polar surface area (TPSA) is 58.2 Å². The van der Waals surface area contributed by atoms with E-state index < -0.39 is 0 Å². The summed E-state index contributed by atoms with van der Waals surface area (Å²) in [4.78, 5) is 22.2. The van der Waals surface area contributed by atoms with Crippen molar-refractivity contribution in [1.82, 2.24) is 10.6 Å². The molecule has 0 fully saturated rings. The zero-order valence-corrected chi connectivity index (χ0v) is 9.32. The van der Waals surface area contributed by atoms with Crippen molar-refractivity contribution in [1.29, 1.82) is 0 Å². The van der Waals surface area contributed by atoms with E-state index in [2.05, 4.69) is 10.6 Å². The van der Waals surface area contributed by atoms with E-state index in [0.717, 1.165) is 5.56 Å². The molecule has 1 aromatic rings. The Kier molecular flexibility index (Phi) is 5.05. The van der Waals surface area contributed by atoms with Gasteiger partial charge in [0, 0.05) is 13.5 Å². The SMILES string of the molecule is CNC(=O)CNC(=O)CCc1ccccc1. The molecule has 16 heavy (non-hydrogen) atoms. The molecule has 4 nitrogen and oxygen atoms in total. The van der Waals surface area contributed by atoms with Crippen molar-refractivity contribution in [2.24, 2.45) is 0 Å². The lowest BCUT2D eigenvalue weighted by atomic mass is 10.1. The molecule has 0 radical (unpaired) electrons. The van der Waals surface area contributed by atoms with Crippen molar-refractivity contribution >= 4 is 11.8 Å². The molecule has 0 atom stereocenters. The van der Waals surface area contributed by atoms with E-state index in [9.17, 15) is 9.59 Å². The maximum absolute atomic E-state index is 11.3. The molecule has 0 spiro atoms. The lowest BCUT2D eigenvalue weighted by Crippen LogP contribution is -2.35. The van der Waals surface area contributed by atoms with Crippen LogP contribution in [0.25, 0.3) is 0 Å². The third-order valence-corrected chi connectivity index (χ3v) is 2.21. The Hall–Kier alpha value is -1.84. The number of carbonyl (C=O) groups is 2. The van der Waals surface area contributed by atoms with Gasteiger partial charge >= 0.3 is 0 Å². The van der Waals surface area contributed by atoms with E-state index in [0.29, 0.717) is 12.8 Å². The molecule has 2 N–H and O–H groups in total. The van der Waals surface area contributed by atoms with Crippen LogP contribution < -0.4 is 10.6 Å². The summed E-state index contributed by atoms with van der Waals surface area (Å²) in [7, 11) is 1.54. The number of carbonyl (C=O) groups excluding carboxylic acids is 2. The smallest absolute Gasteiger partial charge is 0.239 e. The van der Waals surface area contributed by atoms with Crippen LogP contribution in [0.4, 0.5) is 0 Å². The van der Waals surface area contributed by atoms with Gasteiger partial charge in [-0.25, -0.2) is 0 Å². The molecule has 1 aromatic carbocycles. The third kappa shape index (κ3) is 4.59. The number of amides is 2. The Morgan fingerprint density at radius 2 is 1.81 bits per heavy atom. The molecule has 0 aliphatic heterocycles. The number of hydrogen-bond acceptors (Lipinski definition) is 2. The van der Waals surface area contributed by atoms with Crippen LogP contribution in [0.3, 0.4) is 0 Å². The van der Waals surface area contributed by atoms with Crippen LogP contribution in [-0.4, -0.2) is 25.4 Å². The van der Waals surface area contributed by atoms with Gasteiger partial charge < -0.3 is 10.6 Å². The lowest BCUT2D eigenvalue weighted by Gasteiger charge is -2.04. The second kappa shape index (κ2) is 6.61. The normalized spacial score (nSPS) is 9.56. The molecule has 0 aromatic heterocycles. The third-order valence-electron chi connectivity index (χ3n) is 2.21. The van der Waals surface area contributed by atoms with Crippen LogP contribution in [0.15, 0.2) is 30.3 Å². The minimum atomic E-state index is -0.187. The van der Waals surface area contributed by atoms with Crippen LogP contribution in [0.1, 0.15) is 12.0 Å². The highest BCUT2D eigenvalue weighted by molar-refractivity contribution is 5.84. The molecule has 0 saturated heterocycles. The van der Waals surface area contributed by atoms with Gasteiger partial charge in [0.25, 0.3) is 0 Å². The Morgan fingerprint density at radius 1 is 1.12 bits per heavy atom. The average molecular weight is 220 g/mol. The Bertz CT molecular complexity index is 349. The predicted octanol–water partition coefficient (Wildman–Crippen LogP) is 0.481. The van der Waals surface area contributed by atoms with Gasteiger partial charge in [0.05, 0.1) is 6.54 Å². The van der Waals surface area contributed by atoms with Crippen LogP contribution in [0.2, 0.25) is 0 Å². The first-order valence-electron chi connectivity index (χ1n) is 5.23. The molecular formula is C12H16N2O2. The van der Waals surface area contributed by atoms with Crippen molar-refractivity contribution in [3.63, 3.8) is 0 Å². The van der Waals surface area contributed by atoms with Gasteiger partial charge in [0.15, 0.2) is 0 Å². The number of aryl methyl sites for hydroxylation is 1. The van der Waals surface area contributed by atoms with Crippen molar-refractivity contribution in [2.45, 2.75) is 12.8 Å². The van der Waals surface area contributed by atoms with Crippen LogP contribution in [0, 0.1) is 0 Å². The molecule has 2 amide bonds. The second-order valence-electron chi connectivity index (χ2n) is 3.44. The first-order valence-corrected chi connectivity index (χ1v) is 5.23. The molecule has 0 aliphatic rings. The first kappa shape index (κ1) is 12.2. The van der Waals surface area contributed by atoms with Gasteiger partial charge in [-0.05, 0) is 12.0 Å². The van der Waals surface area contributed by atoms with Gasteiger partial charge in [-0.15, -0.1) is 0 Å². The summed E-state index contributed by atoms with van der Waals surface area (Å²) >= 11 is 0. The highest BCUT2D eigenvalue weighted by Gasteiger charge is 2.03. The number of rotatable bonds is 5. The molecule has 0 bridgehead atoms. The van der Waals surface area contributed by atoms with Gasteiger partial charge in [-0.2, -0.15) is 0 Å². The summed E-state index contributed by atoms with van der Waals surface area (Å²) in [6, 6.07) is 9.78. The van der Waals surface area contributed by atoms with Gasteiger partial charge in [0.2, 0.25) is 11.8 Å². The molecule has 0 heterocycles. The number of nitrogens with one attached hydrogen (secondary N) is 2. The summed E-state index contributed by atoms with van der Waals surface area (Å²) in [5.41, 5.74) is 1.12. The summed E-state index contributed by atoms with van der Waals surface area (Å²) in [5.74, 6) is -0.291. The molecular weight excluding hydrogens is 204 g/mol. The fourth-order valence-corrected chi connectivity index (χ4v) is 1.26. The van der Waals surface area contributed by atoms with E-state index in [1.54, 1.807) is 7.05 Å². The van der Waals surface area contributed by atoms with Crippen LogP contribution in [-0.2, 0) is 16.0 Å². The van der Waals surface area contributed by atoms with Crippen LogP contribution in [0.5, 0.6) is 0 Å². The van der Waals surface area contributed by atoms with Crippen molar-refractivity contribution < 1.29 is 9.59 Å². The highest BCUT2D eigenvalue weighted by Crippen LogP contribution is 2.01. The maximum atomic E-state index is 11.3. The minimum Gasteiger partial charge on any atom is -0.358 e. The molecule has 1 rings (SSSR count). The molecule has 0 saturated carbocycles. The monoisotopic (exact) mass is 220 g/mol. The second-order valence-corrected chi connectivity index (χ2v) is 3.44. The largest absolute Gasteiger partial charge is 0.358 e. The van der Waals surface area contributed by atoms with E-state index in [1.807, 2.05) is 30.3 Å². The van der Waals surface area contributed by atoms with Crippen molar-refractivity contribution in [2.75, 3.05) is 13.6 Å². The molecule has 86 valence electrons. The number of hydrogen-bond donors (Lipinski definition) is 2. The summed E-state index contributed by atoms with van der Waals surface area (Å²) in [6.07, 6.45) is 1.10. The number of benzene rings is 1. The van der Waals surface area contributed by atoms with Crippen LogP contribution >= 0.6 is 0 Å². The summed E-state index contributed by atoms with van der Waals surface area (Å²) in [6.45, 7) is 0.0458. The fraction of sp³-hybridized carbons (Fsp3) is 0.333. The summed E-state index contributed by atoms with van der Waals surface area (Å²) < 4.78 is 0. The maximum Gasteiger partial charge on any atom is 0.239 e. The van der Waals surface area contributed by atoms with Crippen molar-refractivity contribution in [3.8, 4) is 0 Å². The molecule has 0 aliphatic carbocycles. The zero-order valence-electron chi connectivity index (χ0n) is 9.32. The van der Waals surface area contributed by atoms with Crippen molar-refractivity contribution in [3.05, 3.63) is 35.9 Å². The number of likely N-dealkylation sites (N-methyl/N-ethyl adjacent to an activating group) is 1. The first-order chi connectivity index (χ1) is 7.72. The van der Waals surface area contributed by atoms with Gasteiger partial charge in [0.1, 0.15) is 0 Å². The molecule has 0 unspecified atom stereocenters. The zero-order chi connectivity index (χ0) is 11.8. The fourth-order valence-electron chi connectivity index (χ4n) is 1.26. The Balaban J connectivity index is 2.23. The standard InChI is InChI=1S/C12H16N2O2/c1-13-12(16)9-14-11(15)8-7-10-5-3-2-4-6-10/h2-6H,7-9H2,1H3,(H,13,16)(H,14,15). The Labute approximate surface area is 95.0 Å². The van der Waals surface area contributed by atoms with E-state index in [1.165, 1.54) is 0 Å². The van der Waals surface area contributed by atoms with E-state index in [4.69, 9.17) is 0 Å².